The van der Waals surface area contributed by atoms with Crippen molar-refractivity contribution in [2.75, 3.05) is 13.1 Å². The highest BCUT2D eigenvalue weighted by Gasteiger charge is 2.33. The number of piperidine rings is 1. The van der Waals surface area contributed by atoms with E-state index in [0.717, 1.165) is 24.2 Å². The van der Waals surface area contributed by atoms with Gasteiger partial charge in [-0.3, -0.25) is 4.79 Å². The fourth-order valence-electron chi connectivity index (χ4n) is 3.98. The van der Waals surface area contributed by atoms with E-state index in [1.165, 1.54) is 17.7 Å². The van der Waals surface area contributed by atoms with E-state index in [-0.39, 0.29) is 11.5 Å². The molecule has 0 amide bonds. The zero-order chi connectivity index (χ0) is 18.1. The lowest BCUT2D eigenvalue weighted by Gasteiger charge is -2.28. The van der Waals surface area contributed by atoms with Gasteiger partial charge in [-0.15, -0.1) is 0 Å². The fraction of sp³-hybridized carbons (Fsp3) is 0.318. The molecule has 0 spiro atoms. The highest BCUT2D eigenvalue weighted by atomic mass is 16.5. The van der Waals surface area contributed by atoms with Crippen LogP contribution in [0.2, 0.25) is 0 Å². The minimum Gasteiger partial charge on any atom is -0.507 e. The Bertz CT molecular complexity index is 857. The summed E-state index contributed by atoms with van der Waals surface area (Å²) in [5.74, 6) is 1.63. The number of benzene rings is 2. The van der Waals surface area contributed by atoms with Crippen molar-refractivity contribution >= 4 is 11.9 Å². The van der Waals surface area contributed by atoms with Crippen LogP contribution >= 0.6 is 0 Å². The first kappa shape index (κ1) is 16.9. The lowest BCUT2D eigenvalue weighted by atomic mass is 9.99. The van der Waals surface area contributed by atoms with Crippen molar-refractivity contribution in [1.82, 2.24) is 0 Å². The van der Waals surface area contributed by atoms with Gasteiger partial charge in [0.05, 0.1) is 24.2 Å². The van der Waals surface area contributed by atoms with Crippen LogP contribution in [0, 0.1) is 5.92 Å². The molecular formula is C22H24NO3+. The van der Waals surface area contributed by atoms with Crippen molar-refractivity contribution in [2.24, 2.45) is 5.92 Å². The van der Waals surface area contributed by atoms with E-state index in [0.29, 0.717) is 29.5 Å². The van der Waals surface area contributed by atoms with Crippen molar-refractivity contribution in [2.45, 2.75) is 26.3 Å². The second-order valence-corrected chi connectivity index (χ2v) is 7.42. The Labute approximate surface area is 153 Å². The highest BCUT2D eigenvalue weighted by Crippen LogP contribution is 2.39. The molecule has 1 saturated heterocycles. The summed E-state index contributed by atoms with van der Waals surface area (Å²) in [5.41, 5.74) is 2.21. The van der Waals surface area contributed by atoms with E-state index in [9.17, 15) is 9.90 Å². The van der Waals surface area contributed by atoms with Crippen molar-refractivity contribution < 1.29 is 19.5 Å². The first-order valence-electron chi connectivity index (χ1n) is 9.29. The molecule has 2 aromatic carbocycles. The van der Waals surface area contributed by atoms with Gasteiger partial charge in [0.1, 0.15) is 12.3 Å². The number of likely N-dealkylation sites (tertiary alicyclic amines) is 1. The Morgan fingerprint density at radius 3 is 2.81 bits per heavy atom. The quantitative estimate of drug-likeness (QED) is 0.837. The van der Waals surface area contributed by atoms with Crippen LogP contribution in [0.1, 0.15) is 41.3 Å². The lowest BCUT2D eigenvalue weighted by Crippen LogP contribution is -3.12. The number of quaternary nitrogens is 1. The van der Waals surface area contributed by atoms with E-state index in [1.54, 1.807) is 18.2 Å². The molecule has 0 bridgehead atoms. The molecule has 4 rings (SSSR count). The molecule has 26 heavy (non-hydrogen) atoms. The maximum Gasteiger partial charge on any atom is 0.231 e. The Balaban J connectivity index is 1.64. The lowest BCUT2D eigenvalue weighted by molar-refractivity contribution is -0.922. The number of phenolic OH excluding ortho intramolecular Hbond substituents is 1. The molecule has 0 saturated carbocycles. The summed E-state index contributed by atoms with van der Waals surface area (Å²) in [5, 5.41) is 10.4. The Kier molecular flexibility index (Phi) is 4.51. The van der Waals surface area contributed by atoms with Crippen LogP contribution in [0.5, 0.6) is 11.5 Å². The van der Waals surface area contributed by atoms with Gasteiger partial charge in [0.15, 0.2) is 11.5 Å². The van der Waals surface area contributed by atoms with Gasteiger partial charge in [0.2, 0.25) is 5.78 Å². The van der Waals surface area contributed by atoms with Crippen molar-refractivity contribution in [3.8, 4) is 11.5 Å². The van der Waals surface area contributed by atoms with Crippen LogP contribution in [0.15, 0.2) is 48.2 Å². The Morgan fingerprint density at radius 1 is 1.23 bits per heavy atom. The molecule has 0 radical (unpaired) electrons. The van der Waals surface area contributed by atoms with Crippen molar-refractivity contribution in [3.63, 3.8) is 0 Å². The molecule has 1 unspecified atom stereocenters. The van der Waals surface area contributed by atoms with Crippen LogP contribution in [-0.4, -0.2) is 24.0 Å². The SMILES string of the molecule is C[C@@H]1CCC[NH+](Cc2c(O)ccc3c2OC(=Cc2ccccc2)C3=O)C1. The number of allylic oxidation sites excluding steroid dienone is 1. The normalized spacial score (nSPS) is 23.7. The number of carbonyl (C=O) groups excluding carboxylic acids is 1. The number of fused-ring (bicyclic) bond motifs is 1. The average Bonchev–Trinajstić information content (AvgIpc) is 2.95. The number of phenols is 1. The fourth-order valence-corrected chi connectivity index (χ4v) is 3.98. The summed E-state index contributed by atoms with van der Waals surface area (Å²) in [7, 11) is 0. The molecule has 2 aromatic rings. The van der Waals surface area contributed by atoms with Crippen LogP contribution in [-0.2, 0) is 6.54 Å². The second-order valence-electron chi connectivity index (χ2n) is 7.42. The zero-order valence-electron chi connectivity index (χ0n) is 15.0. The molecule has 134 valence electrons. The van der Waals surface area contributed by atoms with Crippen LogP contribution in [0.25, 0.3) is 6.08 Å². The Morgan fingerprint density at radius 2 is 2.04 bits per heavy atom. The zero-order valence-corrected chi connectivity index (χ0v) is 15.0. The maximum absolute atomic E-state index is 12.7. The van der Waals surface area contributed by atoms with Gasteiger partial charge >= 0.3 is 0 Å². The van der Waals surface area contributed by atoms with Gasteiger partial charge in [-0.2, -0.15) is 0 Å². The van der Waals surface area contributed by atoms with Crippen molar-refractivity contribution in [3.05, 3.63) is 64.9 Å². The van der Waals surface area contributed by atoms with Crippen LogP contribution in [0.4, 0.5) is 0 Å². The van der Waals surface area contributed by atoms with Gasteiger partial charge in [0, 0.05) is 5.92 Å². The number of ether oxygens (including phenoxy) is 1. The second kappa shape index (κ2) is 6.96. The highest BCUT2D eigenvalue weighted by molar-refractivity contribution is 6.14. The minimum absolute atomic E-state index is 0.118. The third kappa shape index (κ3) is 3.25. The summed E-state index contributed by atoms with van der Waals surface area (Å²) in [6.07, 6.45) is 4.23. The molecule has 0 aromatic heterocycles. The van der Waals surface area contributed by atoms with Gasteiger partial charge in [-0.1, -0.05) is 37.3 Å². The van der Waals surface area contributed by atoms with Crippen LogP contribution in [0.3, 0.4) is 0 Å². The molecule has 2 aliphatic rings. The first-order chi connectivity index (χ1) is 12.6. The average molecular weight is 350 g/mol. The minimum atomic E-state index is -0.118. The van der Waals surface area contributed by atoms with Gasteiger partial charge in [0.25, 0.3) is 0 Å². The molecule has 4 nitrogen and oxygen atoms in total. The van der Waals surface area contributed by atoms with E-state index < -0.39 is 0 Å². The number of aromatic hydroxyl groups is 1. The predicted molar refractivity (Wildman–Crippen MR) is 100 cm³/mol. The molecule has 2 heterocycles. The van der Waals surface area contributed by atoms with Gasteiger partial charge < -0.3 is 14.7 Å². The van der Waals surface area contributed by atoms with Gasteiger partial charge in [-0.05, 0) is 36.6 Å². The summed E-state index contributed by atoms with van der Waals surface area (Å²) in [6, 6.07) is 12.9. The largest absolute Gasteiger partial charge is 0.507 e. The van der Waals surface area contributed by atoms with E-state index in [1.807, 2.05) is 30.3 Å². The number of hydrogen-bond donors (Lipinski definition) is 2. The monoisotopic (exact) mass is 350 g/mol. The van der Waals surface area contributed by atoms with Gasteiger partial charge in [-0.25, -0.2) is 0 Å². The summed E-state index contributed by atoms with van der Waals surface area (Å²) in [4.78, 5) is 14.2. The molecule has 2 N–H and O–H groups in total. The third-order valence-electron chi connectivity index (χ3n) is 5.30. The molecule has 2 atom stereocenters. The Hall–Kier alpha value is -2.59. The molecule has 4 heteroatoms. The third-order valence-corrected chi connectivity index (χ3v) is 5.30. The molecule has 0 aliphatic carbocycles. The summed E-state index contributed by atoms with van der Waals surface area (Å²) in [6.45, 7) is 5.14. The number of nitrogens with one attached hydrogen (secondary N) is 1. The van der Waals surface area contributed by atoms with Crippen LogP contribution < -0.4 is 9.64 Å². The predicted octanol–water partition coefficient (Wildman–Crippen LogP) is 2.82. The number of rotatable bonds is 3. The topological polar surface area (TPSA) is 51.0 Å². The molecular weight excluding hydrogens is 326 g/mol. The number of carbonyl (C=O) groups is 1. The first-order valence-corrected chi connectivity index (χ1v) is 9.29. The molecule has 2 aliphatic heterocycles. The van der Waals surface area contributed by atoms with E-state index in [2.05, 4.69) is 6.92 Å². The van der Waals surface area contributed by atoms with Crippen molar-refractivity contribution in [1.29, 1.82) is 0 Å². The summed E-state index contributed by atoms with van der Waals surface area (Å²) < 4.78 is 5.94. The molecule has 1 fully saturated rings. The number of hydrogen-bond acceptors (Lipinski definition) is 3. The smallest absolute Gasteiger partial charge is 0.231 e. The maximum atomic E-state index is 12.7. The van der Waals surface area contributed by atoms with E-state index >= 15 is 0 Å². The standard InChI is InChI=1S/C22H23NO3/c1-15-6-5-11-23(13-15)14-18-19(24)10-9-17-21(25)20(26-22(17)18)12-16-7-3-2-4-8-16/h2-4,7-10,12,15,24H,5-6,11,13-14H2,1H3/p+1/t15-/m1/s1. The number of Topliss-reactive ketones (excluding diaryl/α,β-unsaturated/α-hetero) is 1. The number of ketones is 1. The van der Waals surface area contributed by atoms with E-state index in [4.69, 9.17) is 4.74 Å². The summed E-state index contributed by atoms with van der Waals surface area (Å²) >= 11 is 0.